The van der Waals surface area contributed by atoms with Gasteiger partial charge >= 0.3 is 5.63 Å². The molecular formula is C5H5NO3. The van der Waals surface area contributed by atoms with Crippen LogP contribution >= 0.6 is 0 Å². The number of carbonyl (C=O) groups excluding carboxylic acids is 1. The van der Waals surface area contributed by atoms with Crippen LogP contribution in [0.1, 0.15) is 16.1 Å². The average molecular weight is 127 g/mol. The minimum atomic E-state index is -0.609. The standard InChI is InChI=1S/C5H5NO3/c1-3-4(2-7)5(8)9-6-3/h2,6H,1H3. The van der Waals surface area contributed by atoms with Crippen LogP contribution in [0.25, 0.3) is 0 Å². The molecule has 0 atom stereocenters. The van der Waals surface area contributed by atoms with E-state index < -0.39 is 5.63 Å². The second-order valence-corrected chi connectivity index (χ2v) is 1.65. The Bertz CT molecular complexity index is 270. The zero-order valence-corrected chi connectivity index (χ0v) is 4.80. The molecule has 4 heteroatoms. The monoisotopic (exact) mass is 127 g/mol. The van der Waals surface area contributed by atoms with Crippen molar-refractivity contribution in [2.45, 2.75) is 6.92 Å². The van der Waals surface area contributed by atoms with Crippen molar-refractivity contribution in [3.05, 3.63) is 21.7 Å². The van der Waals surface area contributed by atoms with Gasteiger partial charge in [0.1, 0.15) is 5.56 Å². The second kappa shape index (κ2) is 1.89. The molecule has 1 rings (SSSR count). The SMILES string of the molecule is Cc1[nH]oc(=O)c1C=O. The maximum atomic E-state index is 10.4. The highest BCUT2D eigenvalue weighted by Gasteiger charge is 2.04. The Labute approximate surface area is 50.4 Å². The van der Waals surface area contributed by atoms with Crippen molar-refractivity contribution < 1.29 is 9.32 Å². The van der Waals surface area contributed by atoms with Crippen LogP contribution in [0.5, 0.6) is 0 Å². The molecule has 9 heavy (non-hydrogen) atoms. The molecule has 0 saturated heterocycles. The van der Waals surface area contributed by atoms with Gasteiger partial charge in [0, 0.05) is 0 Å². The third kappa shape index (κ3) is 0.782. The summed E-state index contributed by atoms with van der Waals surface area (Å²) in [6.07, 6.45) is 0.470. The molecule has 0 aliphatic carbocycles. The van der Waals surface area contributed by atoms with E-state index in [1.54, 1.807) is 6.92 Å². The first-order valence-electron chi connectivity index (χ1n) is 2.39. The Hall–Kier alpha value is -1.32. The van der Waals surface area contributed by atoms with Crippen LogP contribution in [-0.4, -0.2) is 11.4 Å². The van der Waals surface area contributed by atoms with Crippen molar-refractivity contribution in [1.29, 1.82) is 0 Å². The number of rotatable bonds is 1. The van der Waals surface area contributed by atoms with Crippen LogP contribution in [0.15, 0.2) is 9.32 Å². The number of aromatic amines is 1. The second-order valence-electron chi connectivity index (χ2n) is 1.65. The first-order valence-corrected chi connectivity index (χ1v) is 2.39. The smallest absolute Gasteiger partial charge is 0.338 e. The quantitative estimate of drug-likeness (QED) is 0.543. The summed E-state index contributed by atoms with van der Waals surface area (Å²) in [7, 11) is 0. The van der Waals surface area contributed by atoms with Gasteiger partial charge in [-0.05, 0) is 6.92 Å². The highest BCUT2D eigenvalue weighted by molar-refractivity contribution is 5.75. The fraction of sp³-hybridized carbons (Fsp3) is 0.200. The van der Waals surface area contributed by atoms with Crippen molar-refractivity contribution in [1.82, 2.24) is 5.16 Å². The van der Waals surface area contributed by atoms with Gasteiger partial charge < -0.3 is 4.52 Å². The van der Waals surface area contributed by atoms with Crippen LogP contribution in [-0.2, 0) is 0 Å². The van der Waals surface area contributed by atoms with E-state index >= 15 is 0 Å². The van der Waals surface area contributed by atoms with E-state index in [0.29, 0.717) is 12.0 Å². The van der Waals surface area contributed by atoms with Crippen molar-refractivity contribution in [2.24, 2.45) is 0 Å². The molecule has 0 fully saturated rings. The lowest BCUT2D eigenvalue weighted by atomic mass is 10.3. The number of aryl methyl sites for hydroxylation is 1. The van der Waals surface area contributed by atoms with Gasteiger partial charge in [-0.15, -0.1) is 0 Å². The van der Waals surface area contributed by atoms with Gasteiger partial charge in [-0.1, -0.05) is 0 Å². The first kappa shape index (κ1) is 5.81. The van der Waals surface area contributed by atoms with Crippen LogP contribution in [0.3, 0.4) is 0 Å². The molecule has 0 unspecified atom stereocenters. The third-order valence-electron chi connectivity index (χ3n) is 1.04. The number of aldehydes is 1. The van der Waals surface area contributed by atoms with Gasteiger partial charge in [0.25, 0.3) is 0 Å². The van der Waals surface area contributed by atoms with Crippen LogP contribution in [0.4, 0.5) is 0 Å². The summed E-state index contributed by atoms with van der Waals surface area (Å²) in [6.45, 7) is 1.59. The van der Waals surface area contributed by atoms with E-state index in [-0.39, 0.29) is 5.56 Å². The molecule has 1 aromatic rings. The number of hydrogen-bond acceptors (Lipinski definition) is 3. The number of aromatic nitrogens is 1. The molecule has 0 radical (unpaired) electrons. The van der Waals surface area contributed by atoms with Gasteiger partial charge in [0.2, 0.25) is 0 Å². The molecule has 0 aliphatic rings. The maximum absolute atomic E-state index is 10.4. The molecule has 0 saturated carbocycles. The van der Waals surface area contributed by atoms with E-state index in [1.807, 2.05) is 0 Å². The molecule has 0 spiro atoms. The molecule has 0 aliphatic heterocycles. The highest BCUT2D eigenvalue weighted by atomic mass is 16.5. The van der Waals surface area contributed by atoms with Gasteiger partial charge in [-0.2, -0.15) is 0 Å². The van der Waals surface area contributed by atoms with E-state index in [2.05, 4.69) is 9.68 Å². The Balaban J connectivity index is 3.40. The largest absolute Gasteiger partial charge is 0.367 e. The molecule has 0 bridgehead atoms. The summed E-state index contributed by atoms with van der Waals surface area (Å²) in [6, 6.07) is 0. The Morgan fingerprint density at radius 2 is 2.33 bits per heavy atom. The van der Waals surface area contributed by atoms with Crippen LogP contribution in [0, 0.1) is 6.92 Å². The maximum Gasteiger partial charge on any atom is 0.367 e. The van der Waals surface area contributed by atoms with Crippen molar-refractivity contribution in [2.75, 3.05) is 0 Å². The lowest BCUT2D eigenvalue weighted by molar-refractivity contribution is 0.112. The fourth-order valence-corrected chi connectivity index (χ4v) is 0.522. The fourth-order valence-electron chi connectivity index (χ4n) is 0.522. The van der Waals surface area contributed by atoms with E-state index in [9.17, 15) is 9.59 Å². The van der Waals surface area contributed by atoms with Crippen molar-refractivity contribution in [3.63, 3.8) is 0 Å². The Kier molecular flexibility index (Phi) is 1.22. The zero-order chi connectivity index (χ0) is 6.85. The molecule has 0 aromatic carbocycles. The van der Waals surface area contributed by atoms with E-state index in [0.717, 1.165) is 0 Å². The molecule has 48 valence electrons. The average Bonchev–Trinajstić information content (AvgIpc) is 2.12. The minimum Gasteiger partial charge on any atom is -0.338 e. The third-order valence-corrected chi connectivity index (χ3v) is 1.04. The topological polar surface area (TPSA) is 63.1 Å². The van der Waals surface area contributed by atoms with Gasteiger partial charge in [-0.25, -0.2) is 9.95 Å². The molecule has 1 aromatic heterocycles. The van der Waals surface area contributed by atoms with Crippen molar-refractivity contribution in [3.8, 4) is 0 Å². The van der Waals surface area contributed by atoms with E-state index in [1.165, 1.54) is 0 Å². The van der Waals surface area contributed by atoms with Gasteiger partial charge in [0.15, 0.2) is 6.29 Å². The number of nitrogens with one attached hydrogen (secondary N) is 1. The van der Waals surface area contributed by atoms with E-state index in [4.69, 9.17) is 0 Å². The number of H-pyrrole nitrogens is 1. The highest BCUT2D eigenvalue weighted by Crippen LogP contribution is 1.92. The number of carbonyl (C=O) groups is 1. The van der Waals surface area contributed by atoms with Crippen LogP contribution in [0.2, 0.25) is 0 Å². The summed E-state index contributed by atoms with van der Waals surface area (Å²) in [5.41, 5.74) is -0.0764. The predicted molar refractivity (Wildman–Crippen MR) is 29.5 cm³/mol. The number of hydrogen-bond donors (Lipinski definition) is 1. The summed E-state index contributed by atoms with van der Waals surface area (Å²) >= 11 is 0. The molecule has 0 amide bonds. The molecule has 1 N–H and O–H groups in total. The molecule has 1 heterocycles. The summed E-state index contributed by atoms with van der Waals surface area (Å²) in [4.78, 5) is 20.5. The lowest BCUT2D eigenvalue weighted by Crippen LogP contribution is -1.99. The Morgan fingerprint density at radius 1 is 1.67 bits per heavy atom. The normalized spacial score (nSPS) is 9.44. The Morgan fingerprint density at radius 3 is 2.56 bits per heavy atom. The minimum absolute atomic E-state index is 0.0648. The zero-order valence-electron chi connectivity index (χ0n) is 4.80. The van der Waals surface area contributed by atoms with Gasteiger partial charge in [0.05, 0.1) is 5.69 Å². The lowest BCUT2D eigenvalue weighted by Gasteiger charge is -1.75. The van der Waals surface area contributed by atoms with Crippen molar-refractivity contribution >= 4 is 6.29 Å². The summed E-state index contributed by atoms with van der Waals surface area (Å²) in [5.74, 6) is 0. The molecule has 4 nitrogen and oxygen atoms in total. The first-order chi connectivity index (χ1) is 4.25. The van der Waals surface area contributed by atoms with Gasteiger partial charge in [-0.3, -0.25) is 4.79 Å². The van der Waals surface area contributed by atoms with Crippen LogP contribution < -0.4 is 5.63 Å². The predicted octanol–water partition coefficient (Wildman–Crippen LogP) is 0.0888. The summed E-state index contributed by atoms with van der Waals surface area (Å²) < 4.78 is 4.27. The molecular weight excluding hydrogens is 122 g/mol. The summed E-state index contributed by atoms with van der Waals surface area (Å²) in [5, 5.41) is 2.27.